The van der Waals surface area contributed by atoms with Crippen molar-refractivity contribution >= 4 is 11.9 Å². The molecular formula is C17H20N2O4. The van der Waals surface area contributed by atoms with Crippen LogP contribution in [0, 0.1) is 0 Å². The second-order valence-electron chi connectivity index (χ2n) is 5.67. The molecule has 0 saturated carbocycles. The Bertz CT molecular complexity index is 681. The van der Waals surface area contributed by atoms with Gasteiger partial charge < -0.3 is 20.1 Å². The molecule has 0 aliphatic rings. The average molecular weight is 316 g/mol. The second-order valence-corrected chi connectivity index (χ2v) is 5.67. The Morgan fingerprint density at radius 1 is 1.22 bits per heavy atom. The highest BCUT2D eigenvalue weighted by molar-refractivity contribution is 5.94. The van der Waals surface area contributed by atoms with Crippen molar-refractivity contribution in [2.75, 3.05) is 13.7 Å². The van der Waals surface area contributed by atoms with Gasteiger partial charge in [-0.05, 0) is 24.6 Å². The van der Waals surface area contributed by atoms with E-state index < -0.39 is 11.5 Å². The summed E-state index contributed by atoms with van der Waals surface area (Å²) in [5.41, 5.74) is 1.19. The minimum absolute atomic E-state index is 0.108. The van der Waals surface area contributed by atoms with E-state index in [1.807, 2.05) is 36.4 Å². The molecule has 1 aromatic carbocycles. The average Bonchev–Trinajstić information content (AvgIpc) is 2.97. The molecule has 0 aliphatic heterocycles. The molecule has 6 heteroatoms. The van der Waals surface area contributed by atoms with Crippen LogP contribution in [0.1, 0.15) is 23.8 Å². The Balaban J connectivity index is 2.14. The lowest BCUT2D eigenvalue weighted by atomic mass is 9.99. The molecule has 2 aromatic rings. The predicted molar refractivity (Wildman–Crippen MR) is 86.2 cm³/mol. The Morgan fingerprint density at radius 3 is 2.52 bits per heavy atom. The minimum Gasteiger partial charge on any atom is -0.481 e. The topological polar surface area (TPSA) is 91.4 Å². The van der Waals surface area contributed by atoms with Gasteiger partial charge in [0, 0.05) is 12.8 Å². The van der Waals surface area contributed by atoms with Crippen molar-refractivity contribution in [1.29, 1.82) is 0 Å². The van der Waals surface area contributed by atoms with Gasteiger partial charge in [-0.25, -0.2) is 0 Å². The van der Waals surface area contributed by atoms with E-state index >= 15 is 0 Å². The number of carboxylic acid groups (broad SMARTS) is 1. The van der Waals surface area contributed by atoms with Crippen LogP contribution in [0.5, 0.6) is 0 Å². The van der Waals surface area contributed by atoms with Crippen molar-refractivity contribution in [2.24, 2.45) is 0 Å². The molecule has 1 aromatic heterocycles. The van der Waals surface area contributed by atoms with Gasteiger partial charge in [0.15, 0.2) is 0 Å². The number of rotatable bonds is 7. The van der Waals surface area contributed by atoms with Crippen LogP contribution in [0.2, 0.25) is 0 Å². The third kappa shape index (κ3) is 4.43. The fourth-order valence-corrected chi connectivity index (χ4v) is 2.44. The highest BCUT2D eigenvalue weighted by Gasteiger charge is 2.30. The van der Waals surface area contributed by atoms with Gasteiger partial charge in [0.05, 0.1) is 18.6 Å². The Hall–Kier alpha value is -2.60. The number of aromatic nitrogens is 1. The lowest BCUT2D eigenvalue weighted by molar-refractivity contribution is -0.139. The summed E-state index contributed by atoms with van der Waals surface area (Å²) in [6.07, 6.45) is -0.223. The van der Waals surface area contributed by atoms with E-state index in [9.17, 15) is 9.59 Å². The number of aliphatic carboxylic acids is 1. The molecule has 1 unspecified atom stereocenters. The van der Waals surface area contributed by atoms with Crippen LogP contribution >= 0.6 is 0 Å². The van der Waals surface area contributed by atoms with Gasteiger partial charge in [0.25, 0.3) is 5.91 Å². The highest BCUT2D eigenvalue weighted by atomic mass is 16.5. The van der Waals surface area contributed by atoms with Crippen molar-refractivity contribution in [2.45, 2.75) is 18.9 Å². The zero-order valence-electron chi connectivity index (χ0n) is 13.1. The lowest BCUT2D eigenvalue weighted by Gasteiger charge is -2.28. The number of methoxy groups -OCH3 is 1. The number of nitrogens with one attached hydrogen (secondary N) is 2. The summed E-state index contributed by atoms with van der Waals surface area (Å²) in [7, 11) is 1.47. The van der Waals surface area contributed by atoms with Gasteiger partial charge in [0.1, 0.15) is 5.69 Å². The molecule has 3 N–H and O–H groups in total. The number of H-pyrrole nitrogens is 1. The summed E-state index contributed by atoms with van der Waals surface area (Å²) in [5.74, 6) is -1.37. The van der Waals surface area contributed by atoms with E-state index in [1.165, 1.54) is 7.11 Å². The number of carbonyl (C=O) groups is 2. The molecule has 1 heterocycles. The molecule has 0 saturated heterocycles. The van der Waals surface area contributed by atoms with Crippen LogP contribution in [0.25, 0.3) is 11.3 Å². The van der Waals surface area contributed by atoms with Crippen molar-refractivity contribution in [3.8, 4) is 11.3 Å². The number of carbonyl (C=O) groups excluding carboxylic acids is 1. The van der Waals surface area contributed by atoms with Crippen LogP contribution in [-0.4, -0.2) is 41.2 Å². The van der Waals surface area contributed by atoms with E-state index in [4.69, 9.17) is 9.84 Å². The zero-order valence-corrected chi connectivity index (χ0v) is 13.1. The van der Waals surface area contributed by atoms with Gasteiger partial charge >= 0.3 is 5.97 Å². The number of amides is 1. The Labute approximate surface area is 134 Å². The second kappa shape index (κ2) is 7.11. The van der Waals surface area contributed by atoms with E-state index in [1.54, 1.807) is 13.0 Å². The summed E-state index contributed by atoms with van der Waals surface area (Å²) in [6, 6.07) is 13.1. The van der Waals surface area contributed by atoms with Crippen molar-refractivity contribution in [3.63, 3.8) is 0 Å². The van der Waals surface area contributed by atoms with Gasteiger partial charge in [-0.3, -0.25) is 9.59 Å². The minimum atomic E-state index is -0.999. The zero-order chi connectivity index (χ0) is 16.9. The first-order valence-electron chi connectivity index (χ1n) is 7.21. The molecule has 2 rings (SSSR count). The summed E-state index contributed by atoms with van der Waals surface area (Å²) in [5, 5.41) is 11.7. The third-order valence-corrected chi connectivity index (χ3v) is 3.44. The first-order valence-corrected chi connectivity index (χ1v) is 7.21. The molecule has 1 amide bonds. The molecular weight excluding hydrogens is 296 g/mol. The highest BCUT2D eigenvalue weighted by Crippen LogP contribution is 2.19. The van der Waals surface area contributed by atoms with Crippen LogP contribution in [0.15, 0.2) is 42.5 Å². The van der Waals surface area contributed by atoms with Crippen LogP contribution < -0.4 is 5.32 Å². The van der Waals surface area contributed by atoms with Gasteiger partial charge in [-0.1, -0.05) is 30.3 Å². The van der Waals surface area contributed by atoms with E-state index in [0.717, 1.165) is 11.3 Å². The van der Waals surface area contributed by atoms with Gasteiger partial charge in [-0.2, -0.15) is 0 Å². The van der Waals surface area contributed by atoms with Crippen molar-refractivity contribution in [3.05, 3.63) is 48.2 Å². The third-order valence-electron chi connectivity index (χ3n) is 3.44. The van der Waals surface area contributed by atoms with Gasteiger partial charge in [-0.15, -0.1) is 0 Å². The van der Waals surface area contributed by atoms with Crippen LogP contribution in [0.3, 0.4) is 0 Å². The number of ether oxygens (including phenoxy) is 1. The Kier molecular flexibility index (Phi) is 5.18. The molecule has 1 atom stereocenters. The number of benzene rings is 1. The maximum absolute atomic E-state index is 12.4. The summed E-state index contributed by atoms with van der Waals surface area (Å²) < 4.78 is 5.03. The molecule has 6 nitrogen and oxygen atoms in total. The normalized spacial score (nSPS) is 13.3. The largest absolute Gasteiger partial charge is 0.481 e. The van der Waals surface area contributed by atoms with E-state index in [2.05, 4.69) is 10.3 Å². The predicted octanol–water partition coefficient (Wildman–Crippen LogP) is 2.29. The fourth-order valence-electron chi connectivity index (χ4n) is 2.44. The summed E-state index contributed by atoms with van der Waals surface area (Å²) in [6.45, 7) is 1.75. The monoisotopic (exact) mass is 316 g/mol. The van der Waals surface area contributed by atoms with Crippen molar-refractivity contribution < 1.29 is 19.4 Å². The number of carboxylic acids is 1. The molecule has 122 valence electrons. The van der Waals surface area contributed by atoms with Crippen LogP contribution in [-0.2, 0) is 9.53 Å². The number of aromatic amines is 1. The first kappa shape index (κ1) is 16.8. The molecule has 0 bridgehead atoms. The van der Waals surface area contributed by atoms with Crippen LogP contribution in [0.4, 0.5) is 0 Å². The fraction of sp³-hybridized carbons (Fsp3) is 0.294. The van der Waals surface area contributed by atoms with Gasteiger partial charge in [0.2, 0.25) is 0 Å². The summed E-state index contributed by atoms with van der Waals surface area (Å²) in [4.78, 5) is 26.4. The molecule has 0 spiro atoms. The molecule has 0 aliphatic carbocycles. The van der Waals surface area contributed by atoms with E-state index in [-0.39, 0.29) is 18.9 Å². The molecule has 0 fully saturated rings. The Morgan fingerprint density at radius 2 is 1.91 bits per heavy atom. The van der Waals surface area contributed by atoms with E-state index in [0.29, 0.717) is 5.69 Å². The maximum Gasteiger partial charge on any atom is 0.305 e. The molecule has 0 radical (unpaired) electrons. The number of hydrogen-bond donors (Lipinski definition) is 3. The van der Waals surface area contributed by atoms with Crippen molar-refractivity contribution in [1.82, 2.24) is 10.3 Å². The standard InChI is InChI=1S/C17H20N2O4/c1-17(11-23-2,10-15(20)21)19-16(22)14-9-8-13(18-14)12-6-4-3-5-7-12/h3-9,18H,10-11H2,1-2H3,(H,19,22)(H,20,21). The smallest absolute Gasteiger partial charge is 0.305 e. The first-order chi connectivity index (χ1) is 10.9. The maximum atomic E-state index is 12.4. The quantitative estimate of drug-likeness (QED) is 0.731. The lowest BCUT2D eigenvalue weighted by Crippen LogP contribution is -2.50. The SMILES string of the molecule is COCC(C)(CC(=O)O)NC(=O)c1ccc(-c2ccccc2)[nH]1. The number of hydrogen-bond acceptors (Lipinski definition) is 3. The molecule has 23 heavy (non-hydrogen) atoms. The summed E-state index contributed by atoms with van der Waals surface area (Å²) >= 11 is 0.